The number of benzene rings is 2. The number of nitrogens with zero attached hydrogens (tertiary/aromatic N) is 1. The van der Waals surface area contributed by atoms with Crippen LogP contribution in [0.1, 0.15) is 43.7 Å². The summed E-state index contributed by atoms with van der Waals surface area (Å²) in [5.74, 6) is -2.45. The zero-order chi connectivity index (χ0) is 24.5. The smallest absolute Gasteiger partial charge is 0.369 e. The summed E-state index contributed by atoms with van der Waals surface area (Å²) < 4.78 is 39.6. The Labute approximate surface area is 195 Å². The normalized spacial score (nSPS) is 18.2. The third kappa shape index (κ3) is 5.40. The number of carbonyl (C=O) groups excluding carboxylic acids is 3. The summed E-state index contributed by atoms with van der Waals surface area (Å²) in [4.78, 5) is 39.7. The Morgan fingerprint density at radius 2 is 1.71 bits per heavy atom. The van der Waals surface area contributed by atoms with E-state index in [4.69, 9.17) is 5.73 Å². The number of nitrogens with two attached hydrogens (primary N) is 1. The molecule has 1 aliphatic heterocycles. The molecular weight excluding hydrogens is 447 g/mol. The van der Waals surface area contributed by atoms with Gasteiger partial charge in [0.2, 0.25) is 11.8 Å². The van der Waals surface area contributed by atoms with Crippen LogP contribution in [0, 0.1) is 11.8 Å². The molecular formula is C25H26F3N3O3. The number of rotatable bonds is 8. The minimum atomic E-state index is -4.53. The van der Waals surface area contributed by atoms with Gasteiger partial charge in [0.05, 0.1) is 6.42 Å². The first kappa shape index (κ1) is 23.8. The molecule has 180 valence electrons. The van der Waals surface area contributed by atoms with Gasteiger partial charge >= 0.3 is 6.18 Å². The highest BCUT2D eigenvalue weighted by Gasteiger charge is 2.39. The Morgan fingerprint density at radius 3 is 2.35 bits per heavy atom. The fourth-order valence-corrected chi connectivity index (χ4v) is 4.49. The topological polar surface area (TPSA) is 92.5 Å². The molecule has 1 heterocycles. The molecule has 6 nitrogen and oxygen atoms in total. The third-order valence-electron chi connectivity index (χ3n) is 6.39. The van der Waals surface area contributed by atoms with Crippen molar-refractivity contribution < 1.29 is 27.6 Å². The zero-order valence-corrected chi connectivity index (χ0v) is 18.5. The molecule has 2 aromatic rings. The summed E-state index contributed by atoms with van der Waals surface area (Å²) in [6, 6.07) is 12.6. The molecule has 0 bridgehead atoms. The van der Waals surface area contributed by atoms with Gasteiger partial charge in [-0.15, -0.1) is 0 Å². The number of anilines is 1. The molecule has 3 amide bonds. The number of carbonyl (C=O) groups is 3. The van der Waals surface area contributed by atoms with Crippen molar-refractivity contribution in [2.24, 2.45) is 17.6 Å². The second-order valence-electron chi connectivity index (χ2n) is 8.96. The summed E-state index contributed by atoms with van der Waals surface area (Å²) in [5, 5.41) is 2.76. The number of alkyl halides is 3. The molecule has 0 radical (unpaired) electrons. The van der Waals surface area contributed by atoms with Crippen LogP contribution in [0.2, 0.25) is 0 Å². The highest BCUT2D eigenvalue weighted by atomic mass is 19.4. The highest BCUT2D eigenvalue weighted by Crippen LogP contribution is 2.41. The lowest BCUT2D eigenvalue weighted by atomic mass is 9.93. The van der Waals surface area contributed by atoms with E-state index in [-0.39, 0.29) is 6.42 Å². The maximum atomic E-state index is 13.4. The monoisotopic (exact) mass is 473 g/mol. The summed E-state index contributed by atoms with van der Waals surface area (Å²) in [6.07, 6.45) is -3.84. The quantitative estimate of drug-likeness (QED) is 0.595. The van der Waals surface area contributed by atoms with E-state index in [1.54, 1.807) is 48.5 Å². The second kappa shape index (κ2) is 9.48. The van der Waals surface area contributed by atoms with Gasteiger partial charge in [0, 0.05) is 30.1 Å². The molecule has 2 atom stereocenters. The maximum Gasteiger partial charge on any atom is 0.390 e. The molecule has 4 rings (SSSR count). The summed E-state index contributed by atoms with van der Waals surface area (Å²) in [5.41, 5.74) is 7.80. The molecule has 1 fully saturated rings. The molecule has 0 spiro atoms. The molecule has 2 aliphatic rings. The van der Waals surface area contributed by atoms with Crippen LogP contribution in [-0.2, 0) is 14.4 Å². The van der Waals surface area contributed by atoms with Crippen molar-refractivity contribution in [1.82, 2.24) is 4.90 Å². The van der Waals surface area contributed by atoms with Gasteiger partial charge in [0.25, 0.3) is 5.91 Å². The van der Waals surface area contributed by atoms with Crippen molar-refractivity contribution in [2.45, 2.75) is 44.3 Å². The van der Waals surface area contributed by atoms with Crippen LogP contribution in [0.25, 0.3) is 11.1 Å². The molecule has 2 aromatic carbocycles. The number of hydrogen-bond donors (Lipinski definition) is 2. The van der Waals surface area contributed by atoms with E-state index in [0.29, 0.717) is 34.7 Å². The summed E-state index contributed by atoms with van der Waals surface area (Å²) in [7, 11) is 0. The van der Waals surface area contributed by atoms with Crippen LogP contribution in [0.15, 0.2) is 48.5 Å². The van der Waals surface area contributed by atoms with E-state index in [9.17, 15) is 27.6 Å². The fraction of sp³-hybridized carbons (Fsp3) is 0.400. The minimum absolute atomic E-state index is 0.297. The lowest BCUT2D eigenvalue weighted by molar-refractivity contribution is -0.152. The number of halogens is 3. The Balaban J connectivity index is 1.72. The lowest BCUT2D eigenvalue weighted by Gasteiger charge is -2.32. The van der Waals surface area contributed by atoms with Gasteiger partial charge in [-0.1, -0.05) is 55.3 Å². The SMILES string of the molecule is NC(=O)[C@H](CC(=O)N(CCC(F)(F)F)[C@@H]1C(=O)Nc2ccccc2-c2ccccc21)CC1CC1. The van der Waals surface area contributed by atoms with Crippen molar-refractivity contribution in [2.75, 3.05) is 11.9 Å². The van der Waals surface area contributed by atoms with E-state index in [1.807, 2.05) is 0 Å². The summed E-state index contributed by atoms with van der Waals surface area (Å²) in [6.45, 7) is -0.708. The molecule has 9 heteroatoms. The van der Waals surface area contributed by atoms with Crippen molar-refractivity contribution in [3.8, 4) is 11.1 Å². The number of amides is 3. The van der Waals surface area contributed by atoms with Crippen molar-refractivity contribution in [3.05, 3.63) is 54.1 Å². The van der Waals surface area contributed by atoms with Gasteiger partial charge in [-0.25, -0.2) is 0 Å². The van der Waals surface area contributed by atoms with E-state index in [0.717, 1.165) is 17.7 Å². The van der Waals surface area contributed by atoms with Gasteiger partial charge in [-0.2, -0.15) is 13.2 Å². The Hall–Kier alpha value is -3.36. The van der Waals surface area contributed by atoms with Crippen LogP contribution >= 0.6 is 0 Å². The first-order valence-electron chi connectivity index (χ1n) is 11.3. The highest BCUT2D eigenvalue weighted by molar-refractivity contribution is 6.04. The van der Waals surface area contributed by atoms with E-state index < -0.39 is 48.8 Å². The molecule has 1 aliphatic carbocycles. The maximum absolute atomic E-state index is 13.4. The lowest BCUT2D eigenvalue weighted by Crippen LogP contribution is -2.44. The number of nitrogens with one attached hydrogen (secondary N) is 1. The number of hydrogen-bond acceptors (Lipinski definition) is 3. The third-order valence-corrected chi connectivity index (χ3v) is 6.39. The zero-order valence-electron chi connectivity index (χ0n) is 18.5. The Morgan fingerprint density at radius 1 is 1.06 bits per heavy atom. The standard InChI is InChI=1S/C25H26F3N3O3/c26-25(27,28)11-12-31(21(32)14-16(23(29)33)13-15-9-10-15)22-19-7-2-1-5-17(19)18-6-3-4-8-20(18)30-24(22)34/h1-8,15-16,22H,9-14H2,(H2,29,33)(H,30,34)/t16-,22-/m0/s1. The van der Waals surface area contributed by atoms with Crippen LogP contribution in [0.4, 0.5) is 18.9 Å². The fourth-order valence-electron chi connectivity index (χ4n) is 4.49. The molecule has 0 saturated heterocycles. The summed E-state index contributed by atoms with van der Waals surface area (Å²) >= 11 is 0. The first-order valence-corrected chi connectivity index (χ1v) is 11.3. The number of fused-ring (bicyclic) bond motifs is 3. The van der Waals surface area contributed by atoms with Gasteiger partial charge in [0.1, 0.15) is 6.04 Å². The van der Waals surface area contributed by atoms with Gasteiger partial charge in [-0.05, 0) is 29.5 Å². The largest absolute Gasteiger partial charge is 0.390 e. The average Bonchev–Trinajstić information content (AvgIpc) is 3.60. The Bertz CT molecular complexity index is 1100. The second-order valence-corrected chi connectivity index (χ2v) is 8.96. The van der Waals surface area contributed by atoms with Crippen LogP contribution < -0.4 is 11.1 Å². The predicted molar refractivity (Wildman–Crippen MR) is 120 cm³/mol. The minimum Gasteiger partial charge on any atom is -0.369 e. The van der Waals surface area contributed by atoms with Gasteiger partial charge in [0.15, 0.2) is 0 Å². The number of primary amides is 1. The van der Waals surface area contributed by atoms with E-state index in [1.165, 1.54) is 0 Å². The van der Waals surface area contributed by atoms with Crippen molar-refractivity contribution in [1.29, 1.82) is 0 Å². The number of para-hydroxylation sites is 1. The van der Waals surface area contributed by atoms with Crippen molar-refractivity contribution >= 4 is 23.4 Å². The van der Waals surface area contributed by atoms with E-state index >= 15 is 0 Å². The van der Waals surface area contributed by atoms with Crippen molar-refractivity contribution in [3.63, 3.8) is 0 Å². The molecule has 1 saturated carbocycles. The predicted octanol–water partition coefficient (Wildman–Crippen LogP) is 4.42. The Kier molecular flexibility index (Phi) is 6.63. The van der Waals surface area contributed by atoms with Gasteiger partial charge in [-0.3, -0.25) is 14.4 Å². The molecule has 0 unspecified atom stereocenters. The van der Waals surface area contributed by atoms with Crippen LogP contribution in [0.5, 0.6) is 0 Å². The average molecular weight is 473 g/mol. The molecule has 34 heavy (non-hydrogen) atoms. The van der Waals surface area contributed by atoms with Gasteiger partial charge < -0.3 is 16.0 Å². The van der Waals surface area contributed by atoms with Crippen LogP contribution in [0.3, 0.4) is 0 Å². The van der Waals surface area contributed by atoms with Crippen LogP contribution in [-0.4, -0.2) is 35.3 Å². The van der Waals surface area contributed by atoms with E-state index in [2.05, 4.69) is 5.32 Å². The molecule has 3 N–H and O–H groups in total. The molecule has 0 aromatic heterocycles. The first-order chi connectivity index (χ1) is 16.1.